The Bertz CT molecular complexity index is 818. The number of methoxy groups -OCH3 is 1. The molecule has 0 unspecified atom stereocenters. The number of rotatable bonds is 6. The van der Waals surface area contributed by atoms with Crippen LogP contribution in [0.1, 0.15) is 25.7 Å². The lowest BCUT2D eigenvalue weighted by atomic mass is 9.93. The van der Waals surface area contributed by atoms with Crippen molar-refractivity contribution in [1.82, 2.24) is 4.72 Å². The Hall–Kier alpha value is -1.80. The van der Waals surface area contributed by atoms with Gasteiger partial charge in [0.05, 0.1) is 12.0 Å². The van der Waals surface area contributed by atoms with Gasteiger partial charge in [-0.25, -0.2) is 13.1 Å². The van der Waals surface area contributed by atoms with E-state index in [1.54, 1.807) is 55.6 Å². The molecular weight excluding hydrogens is 388 g/mol. The van der Waals surface area contributed by atoms with E-state index in [0.717, 1.165) is 31.4 Å². The highest BCUT2D eigenvalue weighted by atomic mass is 35.5. The fourth-order valence-corrected chi connectivity index (χ4v) is 4.30. The van der Waals surface area contributed by atoms with E-state index >= 15 is 0 Å². The van der Waals surface area contributed by atoms with Gasteiger partial charge in [0, 0.05) is 12.1 Å². The molecule has 0 heterocycles. The average Bonchev–Trinajstić information content (AvgIpc) is 2.64. The summed E-state index contributed by atoms with van der Waals surface area (Å²) in [5.41, 5.74) is 5.87. The van der Waals surface area contributed by atoms with Crippen LogP contribution in [0.2, 0.25) is 0 Å². The zero-order valence-corrected chi connectivity index (χ0v) is 16.8. The van der Waals surface area contributed by atoms with Crippen molar-refractivity contribution < 1.29 is 17.9 Å². The summed E-state index contributed by atoms with van der Waals surface area (Å²) in [7, 11) is -1.94. The third-order valence-corrected chi connectivity index (χ3v) is 6.06. The molecule has 148 valence electrons. The van der Waals surface area contributed by atoms with Crippen LogP contribution < -0.4 is 19.9 Å². The van der Waals surface area contributed by atoms with Crippen molar-refractivity contribution in [2.75, 3.05) is 7.11 Å². The maximum absolute atomic E-state index is 12.5. The van der Waals surface area contributed by atoms with Crippen molar-refractivity contribution in [3.63, 3.8) is 0 Å². The van der Waals surface area contributed by atoms with Crippen LogP contribution in [0, 0.1) is 0 Å². The summed E-state index contributed by atoms with van der Waals surface area (Å²) in [5.74, 6) is 1.96. The summed E-state index contributed by atoms with van der Waals surface area (Å²) < 4.78 is 38.7. The third-order valence-electron chi connectivity index (χ3n) is 4.52. The number of sulfonamides is 1. The molecule has 3 rings (SSSR count). The normalized spacial score (nSPS) is 19.8. The fraction of sp³-hybridized carbons (Fsp3) is 0.368. The number of ether oxygens (including phenoxy) is 2. The monoisotopic (exact) mass is 412 g/mol. The third kappa shape index (κ3) is 5.84. The molecular formula is C19H25ClN2O4S. The van der Waals surface area contributed by atoms with Crippen molar-refractivity contribution >= 4 is 22.4 Å². The summed E-state index contributed by atoms with van der Waals surface area (Å²) >= 11 is 0. The second-order valence-electron chi connectivity index (χ2n) is 6.48. The number of hydrogen-bond acceptors (Lipinski definition) is 5. The molecule has 0 aliphatic heterocycles. The zero-order chi connectivity index (χ0) is 18.6. The maximum atomic E-state index is 12.5. The first-order valence-electron chi connectivity index (χ1n) is 8.66. The van der Waals surface area contributed by atoms with E-state index in [0.29, 0.717) is 11.5 Å². The van der Waals surface area contributed by atoms with Gasteiger partial charge in [-0.3, -0.25) is 0 Å². The Kier molecular flexibility index (Phi) is 7.49. The molecule has 27 heavy (non-hydrogen) atoms. The minimum atomic E-state index is -3.54. The van der Waals surface area contributed by atoms with Gasteiger partial charge in [-0.1, -0.05) is 0 Å². The Morgan fingerprint density at radius 1 is 0.889 bits per heavy atom. The lowest BCUT2D eigenvalue weighted by Gasteiger charge is -2.26. The van der Waals surface area contributed by atoms with Crippen molar-refractivity contribution in [3.8, 4) is 17.2 Å². The zero-order valence-electron chi connectivity index (χ0n) is 15.1. The number of hydrogen-bond donors (Lipinski definition) is 2. The van der Waals surface area contributed by atoms with Crippen LogP contribution in [0.15, 0.2) is 53.4 Å². The summed E-state index contributed by atoms with van der Waals surface area (Å²) in [5, 5.41) is 0. The number of nitrogens with two attached hydrogens (primary N) is 1. The van der Waals surface area contributed by atoms with E-state index in [-0.39, 0.29) is 29.4 Å². The minimum absolute atomic E-state index is 0. The predicted molar refractivity (Wildman–Crippen MR) is 107 cm³/mol. The number of nitrogens with one attached hydrogen (secondary N) is 1. The van der Waals surface area contributed by atoms with Gasteiger partial charge in [0.15, 0.2) is 0 Å². The Morgan fingerprint density at radius 2 is 1.37 bits per heavy atom. The van der Waals surface area contributed by atoms with Gasteiger partial charge >= 0.3 is 0 Å². The highest BCUT2D eigenvalue weighted by Gasteiger charge is 2.24. The summed E-state index contributed by atoms with van der Waals surface area (Å²) in [6, 6.07) is 13.7. The molecule has 6 nitrogen and oxygen atoms in total. The van der Waals surface area contributed by atoms with Gasteiger partial charge in [-0.15, -0.1) is 12.4 Å². The molecule has 2 aromatic rings. The largest absolute Gasteiger partial charge is 0.497 e. The molecule has 0 aromatic heterocycles. The van der Waals surface area contributed by atoms with Crippen molar-refractivity contribution in [2.45, 2.75) is 42.7 Å². The fourth-order valence-electron chi connectivity index (χ4n) is 2.99. The van der Waals surface area contributed by atoms with Crippen LogP contribution in [0.25, 0.3) is 0 Å². The lowest BCUT2D eigenvalue weighted by molar-refractivity contribution is 0.373. The lowest BCUT2D eigenvalue weighted by Crippen LogP contribution is -2.40. The second kappa shape index (κ2) is 9.41. The number of benzene rings is 2. The van der Waals surface area contributed by atoms with E-state index < -0.39 is 10.0 Å². The highest BCUT2D eigenvalue weighted by Crippen LogP contribution is 2.25. The predicted octanol–water partition coefficient (Wildman–Crippen LogP) is 3.46. The van der Waals surface area contributed by atoms with Crippen molar-refractivity contribution in [2.24, 2.45) is 5.73 Å². The topological polar surface area (TPSA) is 90.6 Å². The van der Waals surface area contributed by atoms with Gasteiger partial charge in [0.25, 0.3) is 0 Å². The quantitative estimate of drug-likeness (QED) is 0.758. The Labute approximate surface area is 166 Å². The van der Waals surface area contributed by atoms with E-state index in [1.165, 1.54) is 0 Å². The van der Waals surface area contributed by atoms with Gasteiger partial charge in [0.1, 0.15) is 17.2 Å². The van der Waals surface area contributed by atoms with Crippen LogP contribution in [0.5, 0.6) is 17.2 Å². The first-order chi connectivity index (χ1) is 12.5. The summed E-state index contributed by atoms with van der Waals surface area (Å²) in [4.78, 5) is 0.231. The van der Waals surface area contributed by atoms with Crippen LogP contribution in [-0.2, 0) is 10.0 Å². The molecule has 3 N–H and O–H groups in total. The first-order valence-corrected chi connectivity index (χ1v) is 10.1. The highest BCUT2D eigenvalue weighted by molar-refractivity contribution is 7.89. The van der Waals surface area contributed by atoms with Crippen molar-refractivity contribution in [3.05, 3.63) is 48.5 Å². The molecule has 0 spiro atoms. The van der Waals surface area contributed by atoms with Gasteiger partial charge < -0.3 is 15.2 Å². The van der Waals surface area contributed by atoms with E-state index in [2.05, 4.69) is 4.72 Å². The first kappa shape index (κ1) is 21.5. The van der Waals surface area contributed by atoms with Gasteiger partial charge in [-0.2, -0.15) is 0 Å². The Morgan fingerprint density at radius 3 is 1.89 bits per heavy atom. The molecule has 8 heteroatoms. The van der Waals surface area contributed by atoms with Crippen LogP contribution in [0.3, 0.4) is 0 Å². The molecule has 1 aliphatic carbocycles. The molecule has 0 saturated heterocycles. The van der Waals surface area contributed by atoms with Gasteiger partial charge in [-0.05, 0) is 74.2 Å². The van der Waals surface area contributed by atoms with E-state index in [1.807, 2.05) is 0 Å². The SMILES string of the molecule is COc1ccc(Oc2ccc(S(=O)(=O)NC3CCC(N)CC3)cc2)cc1.Cl. The van der Waals surface area contributed by atoms with Crippen LogP contribution in [0.4, 0.5) is 0 Å². The molecule has 0 amide bonds. The van der Waals surface area contributed by atoms with Crippen LogP contribution >= 0.6 is 12.4 Å². The Balaban J connectivity index is 0.00000261. The number of halogens is 1. The summed E-state index contributed by atoms with van der Waals surface area (Å²) in [6.07, 6.45) is 3.25. The van der Waals surface area contributed by atoms with Crippen LogP contribution in [-0.4, -0.2) is 27.6 Å². The standard InChI is InChI=1S/C19H24N2O4S.ClH/c1-24-16-6-8-17(9-7-16)25-18-10-12-19(13-11-18)26(22,23)21-15-4-2-14(20)3-5-15;/h6-15,21H,2-5,20H2,1H3;1H. The maximum Gasteiger partial charge on any atom is 0.240 e. The average molecular weight is 413 g/mol. The smallest absolute Gasteiger partial charge is 0.240 e. The molecule has 1 fully saturated rings. The van der Waals surface area contributed by atoms with E-state index in [9.17, 15) is 8.42 Å². The van der Waals surface area contributed by atoms with Gasteiger partial charge in [0.2, 0.25) is 10.0 Å². The molecule has 0 bridgehead atoms. The van der Waals surface area contributed by atoms with E-state index in [4.69, 9.17) is 15.2 Å². The second-order valence-corrected chi connectivity index (χ2v) is 8.20. The molecule has 2 aromatic carbocycles. The molecule has 1 aliphatic rings. The summed E-state index contributed by atoms with van der Waals surface area (Å²) in [6.45, 7) is 0. The van der Waals surface area contributed by atoms with Crippen molar-refractivity contribution in [1.29, 1.82) is 0 Å². The molecule has 0 radical (unpaired) electrons. The molecule has 0 atom stereocenters. The molecule has 1 saturated carbocycles. The minimum Gasteiger partial charge on any atom is -0.497 e.